The Morgan fingerprint density at radius 2 is 1.22 bits per heavy atom. The van der Waals surface area contributed by atoms with E-state index >= 15 is 4.79 Å². The summed E-state index contributed by atoms with van der Waals surface area (Å²) in [6.07, 6.45) is -32.6. The molecule has 125 heavy (non-hydrogen) atoms. The molecule has 0 aromatic carbocycles. The van der Waals surface area contributed by atoms with Crippen LogP contribution in [0.25, 0.3) is 0 Å². The van der Waals surface area contributed by atoms with Gasteiger partial charge in [-0.15, -0.1) is 0 Å². The zero-order chi connectivity index (χ0) is 93.5. The molecular weight excluding hydrogens is 1670 g/mol. The van der Waals surface area contributed by atoms with Crippen molar-refractivity contribution in [2.45, 2.75) is 276 Å². The number of nitrogens with two attached hydrogens (primary N) is 4. The summed E-state index contributed by atoms with van der Waals surface area (Å²) in [6.45, 7) is 2.23. The molecule has 6 heterocycles. The Morgan fingerprint density at radius 1 is 0.656 bits per heavy atom. The quantitative estimate of drug-likeness (QED) is 0.0164. The second kappa shape index (κ2) is 47.4. The summed E-state index contributed by atoms with van der Waals surface area (Å²) in [4.78, 5) is 218. The lowest BCUT2D eigenvalue weighted by molar-refractivity contribution is -0.382. The van der Waals surface area contributed by atoms with Gasteiger partial charge in [-0.2, -0.15) is 0 Å². The van der Waals surface area contributed by atoms with Crippen LogP contribution in [0, 0.1) is 5.92 Å². The minimum absolute atomic E-state index is 0.0468. The summed E-state index contributed by atoms with van der Waals surface area (Å²) >= 11 is 0. The fourth-order valence-corrected chi connectivity index (χ4v) is 14.6. The average molecular weight is 1790 g/mol. The highest BCUT2D eigenvalue weighted by atomic mass is 16.8. The average Bonchev–Trinajstić information content (AvgIpc) is 0.921. The topological polar surface area (TPSA) is 846 Å². The number of guanidine groups is 1. The fourth-order valence-electron chi connectivity index (χ4n) is 14.6. The van der Waals surface area contributed by atoms with Crippen molar-refractivity contribution in [3.63, 3.8) is 0 Å². The summed E-state index contributed by atoms with van der Waals surface area (Å²) < 4.78 is 35.6. The number of carbonyl (C=O) groups is 15. The number of imidazole rings is 1. The van der Waals surface area contributed by atoms with Crippen LogP contribution in [0.5, 0.6) is 0 Å². The SMILES string of the molecule is CC(=O)N[C@H]1[C@@H](O[C@H](C)[C@H](NC(=O)[C@H](CC(=O)O)NC(=O)[C@@H]2CCCN2C(=O)[C@H](C)NC(=O)[C@H](CO)NC(=O)[C@@H](NC(=O)[C@@H](NC(=O)CNC(=O)[C@@H](N)Cc2cnc[nH]2)C(C)C)[C@@H](C)O)C(=O)N[C@@H](CCCN=C(N)N)C(=O)N2CCC[C@H]2C(N)=O)O[C@H](CO)[C@H](O)[C@@H]1O[C@@H]1O[C@H](CO)[C@H](O)[C@H](O[C@]2(C(=O)O)C[C@H](O)[C@@H](NC(C)=O)[C@H]([C@H](O)[C@H](O)CO)O2)[C@H]1O. The summed E-state index contributed by atoms with van der Waals surface area (Å²) in [6, 6.07) is -20.7. The molecule has 0 bridgehead atoms. The molecule has 704 valence electrons. The van der Waals surface area contributed by atoms with Crippen LogP contribution < -0.4 is 76.1 Å². The predicted molar refractivity (Wildman–Crippen MR) is 417 cm³/mol. The zero-order valence-electron chi connectivity index (χ0n) is 69.3. The van der Waals surface area contributed by atoms with Crippen LogP contribution in [-0.4, -0.2) is 404 Å². The van der Waals surface area contributed by atoms with Crippen LogP contribution in [0.15, 0.2) is 17.5 Å². The maximum Gasteiger partial charge on any atom is 0.364 e. The van der Waals surface area contributed by atoms with Gasteiger partial charge in [0.1, 0.15) is 121 Å². The fraction of sp³-hybridized carbons (Fsp3) is 0.736. The van der Waals surface area contributed by atoms with Crippen molar-refractivity contribution < 1.29 is 167 Å². The molecule has 5 aliphatic heterocycles. The van der Waals surface area contributed by atoms with Gasteiger partial charge in [-0.05, 0) is 65.2 Å². The highest BCUT2D eigenvalue weighted by Crippen LogP contribution is 2.39. The third kappa shape index (κ3) is 27.9. The van der Waals surface area contributed by atoms with Gasteiger partial charge in [-0.1, -0.05) is 13.8 Å². The van der Waals surface area contributed by atoms with Gasteiger partial charge >= 0.3 is 11.9 Å². The van der Waals surface area contributed by atoms with Gasteiger partial charge in [-0.3, -0.25) is 72.1 Å². The minimum Gasteiger partial charge on any atom is -0.481 e. The van der Waals surface area contributed by atoms with E-state index in [1.807, 2.05) is 0 Å². The molecule has 13 amide bonds. The number of nitrogens with one attached hydrogen (secondary N) is 11. The number of nitrogens with zero attached hydrogens (tertiary/aromatic N) is 4. The first-order valence-corrected chi connectivity index (χ1v) is 40.0. The van der Waals surface area contributed by atoms with Crippen LogP contribution >= 0.6 is 0 Å². The Hall–Kier alpha value is -10.2. The number of aliphatic hydroxyl groups is 11. The van der Waals surface area contributed by atoms with Crippen molar-refractivity contribution in [3.8, 4) is 0 Å². The van der Waals surface area contributed by atoms with Crippen LogP contribution in [0.3, 0.4) is 0 Å². The van der Waals surface area contributed by atoms with E-state index in [1.165, 1.54) is 26.4 Å². The second-order valence-corrected chi connectivity index (χ2v) is 31.1. The molecule has 53 heteroatoms. The Balaban J connectivity index is 1.27. The van der Waals surface area contributed by atoms with E-state index in [0.29, 0.717) is 5.69 Å². The maximum atomic E-state index is 15.3. The lowest BCUT2D eigenvalue weighted by atomic mass is 9.88. The molecule has 1 aromatic heterocycles. The van der Waals surface area contributed by atoms with Crippen LogP contribution in [0.2, 0.25) is 0 Å². The van der Waals surface area contributed by atoms with Crippen LogP contribution in [-0.2, 0) is 107 Å². The number of hydrogen-bond donors (Lipinski definition) is 28. The van der Waals surface area contributed by atoms with Gasteiger partial charge in [-0.25, -0.2) is 9.78 Å². The smallest absolute Gasteiger partial charge is 0.364 e. The number of primary amides is 1. The summed E-state index contributed by atoms with van der Waals surface area (Å²) in [5, 5.41) is 165. The van der Waals surface area contributed by atoms with E-state index in [2.05, 4.69) is 68.1 Å². The normalized spacial score (nSPS) is 27.8. The number of aliphatic imine (C=N–C) groups is 1. The number of carboxylic acids is 2. The number of carbonyl (C=O) groups excluding carboxylic acids is 13. The van der Waals surface area contributed by atoms with Crippen molar-refractivity contribution in [1.82, 2.24) is 72.9 Å². The zero-order valence-corrected chi connectivity index (χ0v) is 69.3. The number of aromatic amines is 1. The Kier molecular flexibility index (Phi) is 39.3. The second-order valence-electron chi connectivity index (χ2n) is 31.1. The largest absolute Gasteiger partial charge is 0.481 e. The van der Waals surface area contributed by atoms with Crippen LogP contribution in [0.4, 0.5) is 0 Å². The van der Waals surface area contributed by atoms with Gasteiger partial charge < -0.3 is 186 Å². The number of aliphatic carboxylic acids is 2. The van der Waals surface area contributed by atoms with E-state index in [4.69, 9.17) is 51.4 Å². The van der Waals surface area contributed by atoms with E-state index in [-0.39, 0.29) is 70.5 Å². The predicted octanol–water partition coefficient (Wildman–Crippen LogP) is -15.8. The van der Waals surface area contributed by atoms with Gasteiger partial charge in [0.15, 0.2) is 18.5 Å². The molecule has 53 nitrogen and oxygen atoms in total. The third-order valence-corrected chi connectivity index (χ3v) is 21.1. The summed E-state index contributed by atoms with van der Waals surface area (Å²) in [5.74, 6) is -22.3. The number of amides is 13. The molecule has 32 N–H and O–H groups in total. The van der Waals surface area contributed by atoms with Crippen molar-refractivity contribution in [2.75, 3.05) is 52.6 Å². The number of H-pyrrole nitrogens is 1. The number of aromatic nitrogens is 2. The van der Waals surface area contributed by atoms with Crippen molar-refractivity contribution >= 4 is 94.7 Å². The minimum atomic E-state index is -3.31. The third-order valence-electron chi connectivity index (χ3n) is 21.1. The first kappa shape index (κ1) is 104. The lowest BCUT2D eigenvalue weighted by Gasteiger charge is -2.51. The summed E-state index contributed by atoms with van der Waals surface area (Å²) in [5.41, 5.74) is 23.3. The van der Waals surface area contributed by atoms with E-state index in [1.54, 1.807) is 0 Å². The molecule has 0 unspecified atom stereocenters. The molecule has 5 saturated heterocycles. The molecular formula is C72H117N19O34. The van der Waals surface area contributed by atoms with E-state index in [9.17, 15) is 134 Å². The van der Waals surface area contributed by atoms with Crippen molar-refractivity contribution in [1.29, 1.82) is 0 Å². The highest BCUT2D eigenvalue weighted by Gasteiger charge is 2.61. The molecule has 28 atom stereocenters. The summed E-state index contributed by atoms with van der Waals surface area (Å²) in [7, 11) is 0. The molecule has 6 rings (SSSR count). The van der Waals surface area contributed by atoms with Crippen molar-refractivity contribution in [2.24, 2.45) is 33.8 Å². The number of hydrogen-bond acceptors (Lipinski definition) is 35. The molecule has 5 fully saturated rings. The first-order chi connectivity index (χ1) is 58.7. The number of likely N-dealkylation sites (tertiary alicyclic amines) is 2. The van der Waals surface area contributed by atoms with Crippen LogP contribution in [0.1, 0.15) is 106 Å². The molecule has 0 saturated carbocycles. The first-order valence-electron chi connectivity index (χ1n) is 40.0. The molecule has 1 aromatic rings. The Bertz CT molecular complexity index is 3930. The molecule has 5 aliphatic rings. The van der Waals surface area contributed by atoms with Gasteiger partial charge in [0.05, 0.1) is 76.1 Å². The van der Waals surface area contributed by atoms with E-state index in [0.717, 1.165) is 44.4 Å². The van der Waals surface area contributed by atoms with Crippen molar-refractivity contribution in [3.05, 3.63) is 18.2 Å². The van der Waals surface area contributed by atoms with Gasteiger partial charge in [0, 0.05) is 58.2 Å². The molecule has 0 spiro atoms. The maximum absolute atomic E-state index is 15.3. The van der Waals surface area contributed by atoms with Gasteiger partial charge in [0.2, 0.25) is 76.8 Å². The van der Waals surface area contributed by atoms with E-state index < -0.39 is 311 Å². The number of ether oxygens (including phenoxy) is 6. The Morgan fingerprint density at radius 3 is 1.78 bits per heavy atom. The Labute approximate surface area is 713 Å². The highest BCUT2D eigenvalue weighted by molar-refractivity contribution is 6.00. The lowest BCUT2D eigenvalue weighted by Crippen LogP contribution is -2.71. The number of carboxylic acid groups (broad SMARTS) is 2. The van der Waals surface area contributed by atoms with Gasteiger partial charge in [0.25, 0.3) is 5.79 Å². The monoisotopic (exact) mass is 1790 g/mol. The number of aliphatic hydroxyl groups excluding tert-OH is 11. The molecule has 0 aliphatic carbocycles. The number of rotatable bonds is 45. The molecule has 0 radical (unpaired) electrons. The standard InChI is InChI=1S/C72H117N19O34/c1-27(2)46(87-44(101)21-79-59(109)34(73)17-33-20-77-26-80-33)63(113)88-47(29(4)96)64(114)86-37(22-92)61(111)81-28(3)66(116)91-16-10-13-39(91)62(112)85-36(18-45(102)103)60(110)89-48(65(115)84-35(11-8-14-78-71(75)76)67(117)90-15-9-12-38(90)58(74)108)30(5)120-68-50(83-32(7)98)55(52(105)42(24-94)121-68)123-69-54(107)57(53(106)43(25-95)122-69)125-72(70(118)119)19-40(99)49(82-31(6)97)56(124-72)51(104)41(100)23-93/h20,26-30,34-43,46-57,68-69,92-96,99-100,104-107H,8-19,21-25,73H2,1-7H3,(H2,74,108)(H,77,80)(H,79,109)(H,81,111)(H,82,97)(H,83,98)(H,84,115)(H,85,112)(H,86,114)(H,87,101)(H,88,113)(H,89,110)(H,102,103)(H,118,119)(H4,75,76,78)/t28-,29+,30+,34-,35-,36-,37-,38-,39-,40-,41+,42+,43+,46-,47-,48-,49+,50+,51+,52-,53-,54+,55+,56+,57-,68-,69-,72-/m0/s1.